The standard InChI is InChI=1S/C16H18N4O2/c1-3-20-13(6-7-18-20)5-4-11-8-12-9-14(16(21)22-2)19-15(12)17-10-11/h6-10H,3-5H2,1-2H3,(H,17,19). The molecule has 0 saturated carbocycles. The molecule has 0 aromatic carbocycles. The number of rotatable bonds is 5. The zero-order valence-corrected chi connectivity index (χ0v) is 12.7. The van der Waals surface area contributed by atoms with Gasteiger partial charge in [-0.3, -0.25) is 4.68 Å². The van der Waals surface area contributed by atoms with Crippen LogP contribution < -0.4 is 0 Å². The van der Waals surface area contributed by atoms with Crippen molar-refractivity contribution in [1.82, 2.24) is 19.7 Å². The first kappa shape index (κ1) is 14.3. The zero-order valence-electron chi connectivity index (χ0n) is 12.7. The minimum Gasteiger partial charge on any atom is -0.464 e. The minimum atomic E-state index is -0.383. The van der Waals surface area contributed by atoms with Gasteiger partial charge in [0.15, 0.2) is 0 Å². The number of fused-ring (bicyclic) bond motifs is 1. The Kier molecular flexibility index (Phi) is 3.91. The molecular formula is C16H18N4O2. The predicted octanol–water partition coefficient (Wildman–Crippen LogP) is 2.35. The normalized spacial score (nSPS) is 11.0. The Morgan fingerprint density at radius 2 is 2.23 bits per heavy atom. The van der Waals surface area contributed by atoms with E-state index in [1.807, 2.05) is 23.1 Å². The number of hydrogen-bond donors (Lipinski definition) is 1. The van der Waals surface area contributed by atoms with E-state index in [1.54, 1.807) is 6.07 Å². The molecule has 3 aromatic heterocycles. The van der Waals surface area contributed by atoms with Crippen LogP contribution in [0.3, 0.4) is 0 Å². The molecule has 0 unspecified atom stereocenters. The first-order valence-corrected chi connectivity index (χ1v) is 7.28. The third kappa shape index (κ3) is 2.72. The van der Waals surface area contributed by atoms with Crippen LogP contribution in [0.25, 0.3) is 11.0 Å². The lowest BCUT2D eigenvalue weighted by Gasteiger charge is -2.04. The molecule has 0 aliphatic heterocycles. The fraction of sp³-hybridized carbons (Fsp3) is 0.312. The van der Waals surface area contributed by atoms with E-state index in [0.717, 1.165) is 30.3 Å². The monoisotopic (exact) mass is 298 g/mol. The van der Waals surface area contributed by atoms with Gasteiger partial charge in [-0.25, -0.2) is 9.78 Å². The first-order valence-electron chi connectivity index (χ1n) is 7.28. The summed E-state index contributed by atoms with van der Waals surface area (Å²) in [5, 5.41) is 5.19. The first-order chi connectivity index (χ1) is 10.7. The lowest BCUT2D eigenvalue weighted by Crippen LogP contribution is -2.04. The lowest BCUT2D eigenvalue weighted by molar-refractivity contribution is 0.0595. The van der Waals surface area contributed by atoms with Gasteiger partial charge in [0, 0.05) is 30.0 Å². The van der Waals surface area contributed by atoms with E-state index in [4.69, 9.17) is 4.74 Å². The molecule has 0 fully saturated rings. The van der Waals surface area contributed by atoms with E-state index in [0.29, 0.717) is 11.3 Å². The van der Waals surface area contributed by atoms with Crippen LogP contribution >= 0.6 is 0 Å². The van der Waals surface area contributed by atoms with Crippen molar-refractivity contribution in [2.24, 2.45) is 0 Å². The maximum atomic E-state index is 11.5. The van der Waals surface area contributed by atoms with Gasteiger partial charge < -0.3 is 9.72 Å². The van der Waals surface area contributed by atoms with Crippen molar-refractivity contribution >= 4 is 17.0 Å². The lowest BCUT2D eigenvalue weighted by atomic mass is 10.1. The van der Waals surface area contributed by atoms with Crippen molar-refractivity contribution in [3.63, 3.8) is 0 Å². The smallest absolute Gasteiger partial charge is 0.354 e. The van der Waals surface area contributed by atoms with Gasteiger partial charge in [0.25, 0.3) is 0 Å². The molecule has 6 nitrogen and oxygen atoms in total. The number of methoxy groups -OCH3 is 1. The van der Waals surface area contributed by atoms with Crippen LogP contribution in [0.2, 0.25) is 0 Å². The number of pyridine rings is 1. The number of aryl methyl sites for hydroxylation is 3. The number of carbonyl (C=O) groups excluding carboxylic acids is 1. The van der Waals surface area contributed by atoms with Crippen molar-refractivity contribution in [3.05, 3.63) is 47.5 Å². The second kappa shape index (κ2) is 6.01. The number of carbonyl (C=O) groups is 1. The Morgan fingerprint density at radius 1 is 1.36 bits per heavy atom. The highest BCUT2D eigenvalue weighted by molar-refractivity contribution is 5.93. The van der Waals surface area contributed by atoms with Crippen LogP contribution in [0, 0.1) is 0 Å². The van der Waals surface area contributed by atoms with Gasteiger partial charge in [-0.2, -0.15) is 5.10 Å². The maximum absolute atomic E-state index is 11.5. The Labute approximate surface area is 128 Å². The number of H-pyrrole nitrogens is 1. The molecule has 1 N–H and O–H groups in total. The van der Waals surface area contributed by atoms with E-state index in [1.165, 1.54) is 12.8 Å². The molecular weight excluding hydrogens is 280 g/mol. The molecule has 22 heavy (non-hydrogen) atoms. The van der Waals surface area contributed by atoms with Crippen molar-refractivity contribution in [2.45, 2.75) is 26.3 Å². The fourth-order valence-electron chi connectivity index (χ4n) is 2.55. The summed E-state index contributed by atoms with van der Waals surface area (Å²) in [6, 6.07) is 5.87. The number of nitrogens with zero attached hydrogens (tertiary/aromatic N) is 3. The summed E-state index contributed by atoms with van der Waals surface area (Å²) in [6.45, 7) is 2.96. The molecule has 114 valence electrons. The van der Waals surface area contributed by atoms with Crippen LogP contribution in [0.5, 0.6) is 0 Å². The zero-order chi connectivity index (χ0) is 15.5. The SMILES string of the molecule is CCn1nccc1CCc1cnc2[nH]c(C(=O)OC)cc2c1. The Bertz CT molecular complexity index is 803. The van der Waals surface area contributed by atoms with Crippen molar-refractivity contribution in [3.8, 4) is 0 Å². The molecule has 0 aliphatic carbocycles. The van der Waals surface area contributed by atoms with Crippen LogP contribution in [0.1, 0.15) is 28.7 Å². The van der Waals surface area contributed by atoms with E-state index in [9.17, 15) is 4.79 Å². The number of nitrogens with one attached hydrogen (secondary N) is 1. The second-order valence-electron chi connectivity index (χ2n) is 5.09. The summed E-state index contributed by atoms with van der Waals surface area (Å²) in [5.74, 6) is -0.383. The second-order valence-corrected chi connectivity index (χ2v) is 5.09. The van der Waals surface area contributed by atoms with E-state index < -0.39 is 0 Å². The number of aromatic amines is 1. The Hall–Kier alpha value is -2.63. The molecule has 0 spiro atoms. The highest BCUT2D eigenvalue weighted by Crippen LogP contribution is 2.17. The summed E-state index contributed by atoms with van der Waals surface area (Å²) < 4.78 is 6.71. The maximum Gasteiger partial charge on any atom is 0.354 e. The van der Waals surface area contributed by atoms with Gasteiger partial charge in [-0.05, 0) is 43.5 Å². The topological polar surface area (TPSA) is 72.8 Å². The molecule has 3 heterocycles. The largest absolute Gasteiger partial charge is 0.464 e. The summed E-state index contributed by atoms with van der Waals surface area (Å²) in [5.41, 5.74) is 3.47. The van der Waals surface area contributed by atoms with E-state index in [2.05, 4.69) is 28.1 Å². The van der Waals surface area contributed by atoms with Crippen LogP contribution in [-0.4, -0.2) is 32.8 Å². The highest BCUT2D eigenvalue weighted by Gasteiger charge is 2.10. The van der Waals surface area contributed by atoms with Gasteiger partial charge >= 0.3 is 5.97 Å². The predicted molar refractivity (Wildman–Crippen MR) is 82.7 cm³/mol. The van der Waals surface area contributed by atoms with Gasteiger partial charge in [-0.1, -0.05) is 0 Å². The number of hydrogen-bond acceptors (Lipinski definition) is 4. The van der Waals surface area contributed by atoms with Gasteiger partial charge in [0.05, 0.1) is 7.11 Å². The molecule has 0 bridgehead atoms. The molecule has 0 saturated heterocycles. The fourth-order valence-corrected chi connectivity index (χ4v) is 2.55. The van der Waals surface area contributed by atoms with Gasteiger partial charge in [0.2, 0.25) is 0 Å². The van der Waals surface area contributed by atoms with Crippen molar-refractivity contribution < 1.29 is 9.53 Å². The third-order valence-corrected chi connectivity index (χ3v) is 3.71. The van der Waals surface area contributed by atoms with E-state index in [-0.39, 0.29) is 5.97 Å². The number of ether oxygens (including phenoxy) is 1. The average molecular weight is 298 g/mol. The average Bonchev–Trinajstić information content (AvgIpc) is 3.17. The quantitative estimate of drug-likeness (QED) is 0.734. The Morgan fingerprint density at radius 3 is 3.00 bits per heavy atom. The summed E-state index contributed by atoms with van der Waals surface area (Å²) in [4.78, 5) is 18.9. The molecule has 6 heteroatoms. The molecule has 0 radical (unpaired) electrons. The van der Waals surface area contributed by atoms with Crippen LogP contribution in [0.15, 0.2) is 30.6 Å². The van der Waals surface area contributed by atoms with Crippen LogP contribution in [-0.2, 0) is 24.1 Å². The highest BCUT2D eigenvalue weighted by atomic mass is 16.5. The van der Waals surface area contributed by atoms with Gasteiger partial charge in [-0.15, -0.1) is 0 Å². The summed E-state index contributed by atoms with van der Waals surface area (Å²) in [6.07, 6.45) is 5.46. The van der Waals surface area contributed by atoms with Crippen molar-refractivity contribution in [1.29, 1.82) is 0 Å². The summed E-state index contributed by atoms with van der Waals surface area (Å²) in [7, 11) is 1.36. The number of aromatic nitrogens is 4. The third-order valence-electron chi connectivity index (χ3n) is 3.71. The van der Waals surface area contributed by atoms with Crippen LogP contribution in [0.4, 0.5) is 0 Å². The number of esters is 1. The molecule has 3 aromatic rings. The van der Waals surface area contributed by atoms with E-state index >= 15 is 0 Å². The summed E-state index contributed by atoms with van der Waals surface area (Å²) >= 11 is 0. The molecule has 0 aliphatic rings. The molecule has 0 atom stereocenters. The minimum absolute atomic E-state index is 0.383. The molecule has 0 amide bonds. The van der Waals surface area contributed by atoms with Gasteiger partial charge in [0.1, 0.15) is 11.3 Å². The van der Waals surface area contributed by atoms with Crippen molar-refractivity contribution in [2.75, 3.05) is 7.11 Å². The Balaban J connectivity index is 1.78. The molecule has 3 rings (SSSR count).